The minimum absolute atomic E-state index is 0.294. The van der Waals surface area contributed by atoms with Crippen LogP contribution in [0, 0.1) is 6.92 Å². The van der Waals surface area contributed by atoms with Crippen molar-refractivity contribution < 1.29 is 28.5 Å². The Labute approximate surface area is 126 Å². The van der Waals surface area contributed by atoms with E-state index in [-0.39, 0.29) is 11.5 Å². The Bertz CT molecular complexity index is 597. The van der Waals surface area contributed by atoms with E-state index in [1.54, 1.807) is 6.92 Å². The standard InChI is InChI=1S/C9H9F3.C7H8O3/c1-2-7-3-5-8(6-4-7)9(10,11)12;1-4-2-5(8)7(10)6(9)3-4/h3-6H,2H2,1H3;2-3,8-10H,1H3. The molecule has 0 fully saturated rings. The molecule has 0 heterocycles. The van der Waals surface area contributed by atoms with Crippen molar-refractivity contribution in [2.24, 2.45) is 0 Å². The van der Waals surface area contributed by atoms with Crippen molar-refractivity contribution in [1.82, 2.24) is 0 Å². The van der Waals surface area contributed by atoms with E-state index in [2.05, 4.69) is 0 Å². The van der Waals surface area contributed by atoms with Crippen molar-refractivity contribution in [3.63, 3.8) is 0 Å². The van der Waals surface area contributed by atoms with E-state index in [1.165, 1.54) is 24.3 Å². The molecule has 22 heavy (non-hydrogen) atoms. The highest BCUT2D eigenvalue weighted by molar-refractivity contribution is 5.50. The molecule has 2 aromatic carbocycles. The smallest absolute Gasteiger partial charge is 0.416 e. The van der Waals surface area contributed by atoms with Gasteiger partial charge >= 0.3 is 6.18 Å². The van der Waals surface area contributed by atoms with Gasteiger partial charge in [0.15, 0.2) is 17.2 Å². The average Bonchev–Trinajstić information content (AvgIpc) is 2.44. The highest BCUT2D eigenvalue weighted by Crippen LogP contribution is 2.34. The number of hydrogen-bond donors (Lipinski definition) is 3. The first-order valence-corrected chi connectivity index (χ1v) is 6.52. The van der Waals surface area contributed by atoms with Crippen LogP contribution < -0.4 is 0 Å². The SMILES string of the molecule is CCc1ccc(C(F)(F)F)cc1.Cc1cc(O)c(O)c(O)c1. The molecule has 0 aliphatic heterocycles. The molecule has 0 radical (unpaired) electrons. The Kier molecular flexibility index (Phi) is 5.68. The first-order chi connectivity index (χ1) is 10.1. The number of hydrogen-bond acceptors (Lipinski definition) is 3. The van der Waals surface area contributed by atoms with Gasteiger partial charge < -0.3 is 15.3 Å². The van der Waals surface area contributed by atoms with Crippen molar-refractivity contribution in [3.8, 4) is 17.2 Å². The lowest BCUT2D eigenvalue weighted by molar-refractivity contribution is -0.137. The fourth-order valence-corrected chi connectivity index (χ4v) is 1.67. The van der Waals surface area contributed by atoms with Gasteiger partial charge in [-0.2, -0.15) is 13.2 Å². The fraction of sp³-hybridized carbons (Fsp3) is 0.250. The van der Waals surface area contributed by atoms with Crippen LogP contribution >= 0.6 is 0 Å². The van der Waals surface area contributed by atoms with Crippen molar-refractivity contribution >= 4 is 0 Å². The zero-order valence-corrected chi connectivity index (χ0v) is 12.1. The minimum Gasteiger partial charge on any atom is -0.504 e. The van der Waals surface area contributed by atoms with E-state index >= 15 is 0 Å². The van der Waals surface area contributed by atoms with Crippen LogP contribution in [0.3, 0.4) is 0 Å². The maximum atomic E-state index is 12.0. The van der Waals surface area contributed by atoms with Crippen molar-refractivity contribution in [2.75, 3.05) is 0 Å². The van der Waals surface area contributed by atoms with Gasteiger partial charge in [-0.1, -0.05) is 19.1 Å². The maximum Gasteiger partial charge on any atom is 0.416 e. The van der Waals surface area contributed by atoms with Crippen LogP contribution in [-0.4, -0.2) is 15.3 Å². The van der Waals surface area contributed by atoms with Crippen molar-refractivity contribution in [2.45, 2.75) is 26.4 Å². The summed E-state index contributed by atoms with van der Waals surface area (Å²) in [5, 5.41) is 26.6. The molecule has 0 saturated heterocycles. The number of phenols is 3. The Hall–Kier alpha value is -2.37. The van der Waals surface area contributed by atoms with Crippen LogP contribution in [0.4, 0.5) is 13.2 Å². The second-order valence-corrected chi connectivity index (χ2v) is 4.70. The van der Waals surface area contributed by atoms with Gasteiger partial charge in [-0.25, -0.2) is 0 Å². The van der Waals surface area contributed by atoms with E-state index in [4.69, 9.17) is 15.3 Å². The van der Waals surface area contributed by atoms with E-state index in [0.29, 0.717) is 5.56 Å². The molecule has 0 unspecified atom stereocenters. The highest BCUT2D eigenvalue weighted by Gasteiger charge is 2.29. The molecular formula is C16H17F3O3. The molecule has 0 aliphatic carbocycles. The van der Waals surface area contributed by atoms with Gasteiger partial charge in [0.05, 0.1) is 5.56 Å². The third-order valence-electron chi connectivity index (χ3n) is 2.90. The molecule has 3 nitrogen and oxygen atoms in total. The van der Waals surface area contributed by atoms with E-state index in [1.807, 2.05) is 6.92 Å². The van der Waals surface area contributed by atoms with Crippen LogP contribution in [0.5, 0.6) is 17.2 Å². The predicted molar refractivity (Wildman–Crippen MR) is 77.0 cm³/mol. The molecular weight excluding hydrogens is 297 g/mol. The molecule has 0 aromatic heterocycles. The molecule has 2 aromatic rings. The molecule has 0 atom stereocenters. The van der Waals surface area contributed by atoms with Crippen LogP contribution in [0.1, 0.15) is 23.6 Å². The lowest BCUT2D eigenvalue weighted by Crippen LogP contribution is -2.04. The summed E-state index contributed by atoms with van der Waals surface area (Å²) in [6, 6.07) is 7.97. The van der Waals surface area contributed by atoms with Gasteiger partial charge in [-0.3, -0.25) is 0 Å². The third-order valence-corrected chi connectivity index (χ3v) is 2.90. The molecule has 6 heteroatoms. The van der Waals surface area contributed by atoms with Crippen LogP contribution in [0.15, 0.2) is 36.4 Å². The Balaban J connectivity index is 0.000000224. The molecule has 3 N–H and O–H groups in total. The largest absolute Gasteiger partial charge is 0.504 e. The number of benzene rings is 2. The summed E-state index contributed by atoms with van der Waals surface area (Å²) >= 11 is 0. The fourth-order valence-electron chi connectivity index (χ4n) is 1.67. The van der Waals surface area contributed by atoms with Gasteiger partial charge in [-0.05, 0) is 48.7 Å². The summed E-state index contributed by atoms with van der Waals surface area (Å²) in [5.74, 6) is -1.05. The van der Waals surface area contributed by atoms with Crippen molar-refractivity contribution in [1.29, 1.82) is 0 Å². The predicted octanol–water partition coefficient (Wildman–Crippen LogP) is 4.38. The summed E-state index contributed by atoms with van der Waals surface area (Å²) < 4.78 is 36.1. The van der Waals surface area contributed by atoms with Gasteiger partial charge in [0.25, 0.3) is 0 Å². The monoisotopic (exact) mass is 314 g/mol. The highest BCUT2D eigenvalue weighted by atomic mass is 19.4. The molecule has 0 saturated carbocycles. The number of halogens is 3. The van der Waals surface area contributed by atoms with E-state index in [9.17, 15) is 13.2 Å². The first-order valence-electron chi connectivity index (χ1n) is 6.52. The summed E-state index contributed by atoms with van der Waals surface area (Å²) in [7, 11) is 0. The Morgan fingerprint density at radius 2 is 1.36 bits per heavy atom. The van der Waals surface area contributed by atoms with Gasteiger partial charge in [-0.15, -0.1) is 0 Å². The Morgan fingerprint density at radius 1 is 0.909 bits per heavy atom. The number of aromatic hydroxyl groups is 3. The second kappa shape index (κ2) is 7.06. The van der Waals surface area contributed by atoms with Gasteiger partial charge in [0, 0.05) is 0 Å². The zero-order valence-electron chi connectivity index (χ0n) is 12.1. The lowest BCUT2D eigenvalue weighted by atomic mass is 10.1. The molecule has 0 bridgehead atoms. The van der Waals surface area contributed by atoms with Crippen molar-refractivity contribution in [3.05, 3.63) is 53.1 Å². The lowest BCUT2D eigenvalue weighted by Gasteiger charge is -2.06. The zero-order chi connectivity index (χ0) is 16.9. The molecule has 120 valence electrons. The minimum atomic E-state index is -4.22. The van der Waals surface area contributed by atoms with Crippen LogP contribution in [-0.2, 0) is 12.6 Å². The number of alkyl halides is 3. The first kappa shape index (κ1) is 17.7. The second-order valence-electron chi connectivity index (χ2n) is 4.70. The molecule has 0 aliphatic rings. The number of aryl methyl sites for hydroxylation is 2. The van der Waals surface area contributed by atoms with E-state index < -0.39 is 17.5 Å². The number of phenolic OH excluding ortho intramolecular Hbond substituents is 3. The molecule has 0 spiro atoms. The quantitative estimate of drug-likeness (QED) is 0.685. The van der Waals surface area contributed by atoms with Crippen LogP contribution in [0.2, 0.25) is 0 Å². The average molecular weight is 314 g/mol. The Morgan fingerprint density at radius 3 is 1.73 bits per heavy atom. The summed E-state index contributed by atoms with van der Waals surface area (Å²) in [5.41, 5.74) is 1.04. The number of rotatable bonds is 1. The van der Waals surface area contributed by atoms with Crippen LogP contribution in [0.25, 0.3) is 0 Å². The molecule has 2 rings (SSSR count). The topological polar surface area (TPSA) is 60.7 Å². The summed E-state index contributed by atoms with van der Waals surface area (Å²) in [4.78, 5) is 0. The normalized spacial score (nSPS) is 10.8. The third kappa shape index (κ3) is 4.87. The maximum absolute atomic E-state index is 12.0. The van der Waals surface area contributed by atoms with E-state index in [0.717, 1.165) is 24.1 Å². The summed E-state index contributed by atoms with van der Waals surface area (Å²) in [6.07, 6.45) is -3.45. The summed E-state index contributed by atoms with van der Waals surface area (Å²) in [6.45, 7) is 3.61. The molecule has 0 amide bonds. The van der Waals surface area contributed by atoms with Gasteiger partial charge in [0.1, 0.15) is 0 Å². The van der Waals surface area contributed by atoms with Gasteiger partial charge in [0.2, 0.25) is 0 Å².